The summed E-state index contributed by atoms with van der Waals surface area (Å²) >= 11 is 0. The minimum atomic E-state index is 0.540. The van der Waals surface area contributed by atoms with E-state index in [2.05, 4.69) is 17.3 Å². The number of hydrogen-bond donors (Lipinski definition) is 1. The Morgan fingerprint density at radius 1 is 1.82 bits per heavy atom. The zero-order valence-corrected chi connectivity index (χ0v) is 6.96. The van der Waals surface area contributed by atoms with Gasteiger partial charge in [0.1, 0.15) is 0 Å². The number of nitrogens with one attached hydrogen (secondary N) is 1. The van der Waals surface area contributed by atoms with Crippen LogP contribution in [0.5, 0.6) is 0 Å². The van der Waals surface area contributed by atoms with Crippen LogP contribution in [0.2, 0.25) is 0 Å². The number of aryl methyl sites for hydroxylation is 1. The zero-order chi connectivity index (χ0) is 7.84. The highest BCUT2D eigenvalue weighted by Crippen LogP contribution is 2.26. The third-order valence-corrected chi connectivity index (χ3v) is 2.39. The maximum Gasteiger partial charge on any atom is 0.0566 e. The molecule has 1 aliphatic rings. The molecule has 1 aromatic heterocycles. The van der Waals surface area contributed by atoms with Crippen molar-refractivity contribution in [2.45, 2.75) is 25.9 Å². The van der Waals surface area contributed by atoms with E-state index in [1.54, 1.807) is 0 Å². The van der Waals surface area contributed by atoms with Gasteiger partial charge in [-0.2, -0.15) is 5.10 Å². The molecule has 0 aromatic carbocycles. The van der Waals surface area contributed by atoms with Gasteiger partial charge >= 0.3 is 0 Å². The molecule has 1 aromatic rings. The summed E-state index contributed by atoms with van der Waals surface area (Å²) in [6.45, 7) is 3.17. The van der Waals surface area contributed by atoms with Crippen LogP contribution >= 0.6 is 0 Å². The minimum absolute atomic E-state index is 0.540. The van der Waals surface area contributed by atoms with Crippen molar-refractivity contribution in [2.75, 3.05) is 0 Å². The van der Waals surface area contributed by atoms with Crippen molar-refractivity contribution in [3.05, 3.63) is 17.5 Å². The van der Waals surface area contributed by atoms with E-state index in [1.807, 2.05) is 17.9 Å². The SMILES string of the molecule is CC[C@H]1NCc2c1cnn2C. The van der Waals surface area contributed by atoms with E-state index in [0.29, 0.717) is 6.04 Å². The Hall–Kier alpha value is -0.830. The number of aromatic nitrogens is 2. The van der Waals surface area contributed by atoms with Crippen molar-refractivity contribution in [2.24, 2.45) is 7.05 Å². The van der Waals surface area contributed by atoms with Gasteiger partial charge in [0.2, 0.25) is 0 Å². The summed E-state index contributed by atoms with van der Waals surface area (Å²) in [6, 6.07) is 0.540. The second kappa shape index (κ2) is 2.34. The van der Waals surface area contributed by atoms with Crippen molar-refractivity contribution in [3.63, 3.8) is 0 Å². The van der Waals surface area contributed by atoms with E-state index in [1.165, 1.54) is 11.3 Å². The average Bonchev–Trinajstić information content (AvgIpc) is 2.53. The summed E-state index contributed by atoms with van der Waals surface area (Å²) in [5, 5.41) is 7.64. The van der Waals surface area contributed by atoms with Crippen molar-refractivity contribution in [1.29, 1.82) is 0 Å². The van der Waals surface area contributed by atoms with Gasteiger partial charge in [-0.25, -0.2) is 0 Å². The van der Waals surface area contributed by atoms with Gasteiger partial charge in [0.15, 0.2) is 0 Å². The molecule has 3 nitrogen and oxygen atoms in total. The predicted molar refractivity (Wildman–Crippen MR) is 43.1 cm³/mol. The van der Waals surface area contributed by atoms with Crippen molar-refractivity contribution >= 4 is 0 Å². The number of nitrogens with zero attached hydrogens (tertiary/aromatic N) is 2. The summed E-state index contributed by atoms with van der Waals surface area (Å²) in [7, 11) is 2.00. The van der Waals surface area contributed by atoms with Crippen LogP contribution < -0.4 is 5.32 Å². The lowest BCUT2D eigenvalue weighted by atomic mass is 10.1. The van der Waals surface area contributed by atoms with Crippen LogP contribution in [0.3, 0.4) is 0 Å². The fourth-order valence-electron chi connectivity index (χ4n) is 1.68. The molecule has 0 unspecified atom stereocenters. The average molecular weight is 151 g/mol. The molecule has 0 aliphatic carbocycles. The van der Waals surface area contributed by atoms with E-state index >= 15 is 0 Å². The molecule has 0 saturated carbocycles. The fourth-order valence-corrected chi connectivity index (χ4v) is 1.68. The standard InChI is InChI=1S/C8H13N3/c1-3-7-6-4-10-11(2)8(6)5-9-7/h4,7,9H,3,5H2,1-2H3/t7-/m1/s1. The zero-order valence-electron chi connectivity index (χ0n) is 6.96. The van der Waals surface area contributed by atoms with Gasteiger partial charge in [0, 0.05) is 25.2 Å². The molecule has 0 fully saturated rings. The molecule has 0 radical (unpaired) electrons. The maximum absolute atomic E-state index is 4.21. The lowest BCUT2D eigenvalue weighted by molar-refractivity contribution is 0.553. The molecule has 2 heterocycles. The maximum atomic E-state index is 4.21. The lowest BCUT2D eigenvalue weighted by Crippen LogP contribution is -2.11. The molecule has 2 rings (SSSR count). The Kier molecular flexibility index (Phi) is 1.46. The number of fused-ring (bicyclic) bond motifs is 1. The summed E-state index contributed by atoms with van der Waals surface area (Å²) in [4.78, 5) is 0. The third kappa shape index (κ3) is 0.878. The third-order valence-electron chi connectivity index (χ3n) is 2.39. The molecular formula is C8H13N3. The Labute approximate surface area is 66.4 Å². The Bertz CT molecular complexity index is 264. The molecule has 3 heteroatoms. The summed E-state index contributed by atoms with van der Waals surface area (Å²) < 4.78 is 1.96. The van der Waals surface area contributed by atoms with Gasteiger partial charge in [-0.3, -0.25) is 4.68 Å². The highest BCUT2D eigenvalue weighted by Gasteiger charge is 2.22. The van der Waals surface area contributed by atoms with Crippen LogP contribution in [0, 0.1) is 0 Å². The lowest BCUT2D eigenvalue weighted by Gasteiger charge is -2.04. The highest BCUT2D eigenvalue weighted by molar-refractivity contribution is 5.26. The van der Waals surface area contributed by atoms with Crippen LogP contribution in [0.1, 0.15) is 30.6 Å². The van der Waals surface area contributed by atoms with E-state index in [9.17, 15) is 0 Å². The minimum Gasteiger partial charge on any atom is -0.304 e. The first-order valence-corrected chi connectivity index (χ1v) is 4.07. The summed E-state index contributed by atoms with van der Waals surface area (Å²) in [5.74, 6) is 0. The van der Waals surface area contributed by atoms with Crippen LogP contribution in [-0.2, 0) is 13.6 Å². The molecule has 0 saturated heterocycles. The molecular weight excluding hydrogens is 138 g/mol. The van der Waals surface area contributed by atoms with Gasteiger partial charge in [0.25, 0.3) is 0 Å². The number of rotatable bonds is 1. The van der Waals surface area contributed by atoms with Gasteiger partial charge in [-0.1, -0.05) is 6.92 Å². The van der Waals surface area contributed by atoms with E-state index in [0.717, 1.165) is 13.0 Å². The molecule has 1 N–H and O–H groups in total. The first kappa shape index (κ1) is 6.85. The first-order chi connectivity index (χ1) is 5.33. The largest absolute Gasteiger partial charge is 0.304 e. The number of hydrogen-bond acceptors (Lipinski definition) is 2. The van der Waals surface area contributed by atoms with Crippen LogP contribution in [0.4, 0.5) is 0 Å². The summed E-state index contributed by atoms with van der Waals surface area (Å²) in [6.07, 6.45) is 3.13. The van der Waals surface area contributed by atoms with Crippen molar-refractivity contribution < 1.29 is 0 Å². The normalized spacial score (nSPS) is 22.2. The molecule has 0 spiro atoms. The molecule has 0 amide bonds. The molecule has 60 valence electrons. The fraction of sp³-hybridized carbons (Fsp3) is 0.625. The van der Waals surface area contributed by atoms with Crippen LogP contribution in [0.15, 0.2) is 6.20 Å². The Balaban J connectivity index is 2.40. The monoisotopic (exact) mass is 151 g/mol. The highest BCUT2D eigenvalue weighted by atomic mass is 15.3. The van der Waals surface area contributed by atoms with Gasteiger partial charge < -0.3 is 5.32 Å². The predicted octanol–water partition coefficient (Wildman–Crippen LogP) is 0.974. The van der Waals surface area contributed by atoms with E-state index in [4.69, 9.17) is 0 Å². The van der Waals surface area contributed by atoms with Gasteiger partial charge in [0.05, 0.1) is 11.9 Å². The second-order valence-electron chi connectivity index (χ2n) is 3.01. The van der Waals surface area contributed by atoms with Crippen molar-refractivity contribution in [1.82, 2.24) is 15.1 Å². The smallest absolute Gasteiger partial charge is 0.0566 e. The van der Waals surface area contributed by atoms with Crippen LogP contribution in [0.25, 0.3) is 0 Å². The van der Waals surface area contributed by atoms with Crippen molar-refractivity contribution in [3.8, 4) is 0 Å². The molecule has 11 heavy (non-hydrogen) atoms. The molecule has 1 aliphatic heterocycles. The second-order valence-corrected chi connectivity index (χ2v) is 3.01. The van der Waals surface area contributed by atoms with E-state index in [-0.39, 0.29) is 0 Å². The van der Waals surface area contributed by atoms with E-state index < -0.39 is 0 Å². The molecule has 1 atom stereocenters. The Morgan fingerprint density at radius 3 is 3.36 bits per heavy atom. The quantitative estimate of drug-likeness (QED) is 0.648. The first-order valence-electron chi connectivity index (χ1n) is 4.07. The Morgan fingerprint density at radius 2 is 2.64 bits per heavy atom. The topological polar surface area (TPSA) is 29.9 Å². The molecule has 0 bridgehead atoms. The summed E-state index contributed by atoms with van der Waals surface area (Å²) in [5.41, 5.74) is 2.73. The van der Waals surface area contributed by atoms with Crippen LogP contribution in [-0.4, -0.2) is 9.78 Å². The van der Waals surface area contributed by atoms with Gasteiger partial charge in [-0.15, -0.1) is 0 Å². The van der Waals surface area contributed by atoms with Gasteiger partial charge in [-0.05, 0) is 6.42 Å².